The first-order chi connectivity index (χ1) is 13.6. The lowest BCUT2D eigenvalue weighted by Gasteiger charge is -2.16. The van der Waals surface area contributed by atoms with Gasteiger partial charge in [0, 0.05) is 5.41 Å². The Balaban J connectivity index is 1.76. The summed E-state index contributed by atoms with van der Waals surface area (Å²) < 4.78 is 61.8. The molecule has 2 aromatic carbocycles. The number of nitrogens with two attached hydrogens (primary N) is 1. The lowest BCUT2D eigenvalue weighted by molar-refractivity contribution is -0.137. The number of halogens is 3. The minimum absolute atomic E-state index is 0.0236. The first kappa shape index (κ1) is 19.9. The number of hydrogen-bond acceptors (Lipinski definition) is 2. The van der Waals surface area contributed by atoms with E-state index in [1.54, 1.807) is 12.1 Å². The topological polar surface area (TPSA) is 60.2 Å². The minimum atomic E-state index is -4.38. The zero-order chi connectivity index (χ0) is 20.9. The minimum Gasteiger partial charge on any atom is -0.225 e. The van der Waals surface area contributed by atoms with Crippen molar-refractivity contribution < 1.29 is 21.6 Å². The van der Waals surface area contributed by atoms with Gasteiger partial charge in [-0.05, 0) is 59.4 Å². The fraction of sp³-hybridized carbons (Fsp3) is 0.273. The van der Waals surface area contributed by atoms with Crippen molar-refractivity contribution in [1.82, 2.24) is 0 Å². The van der Waals surface area contributed by atoms with Gasteiger partial charge in [0.05, 0.1) is 10.5 Å². The van der Waals surface area contributed by atoms with Crippen LogP contribution in [-0.4, -0.2) is 8.42 Å². The van der Waals surface area contributed by atoms with Gasteiger partial charge in [-0.25, -0.2) is 13.6 Å². The molecule has 2 aromatic rings. The van der Waals surface area contributed by atoms with Crippen molar-refractivity contribution in [3.05, 3.63) is 77.4 Å². The molecule has 2 aliphatic carbocycles. The molecule has 1 spiro atoms. The van der Waals surface area contributed by atoms with Gasteiger partial charge in [0.15, 0.2) is 0 Å². The van der Waals surface area contributed by atoms with Crippen molar-refractivity contribution in [1.29, 1.82) is 0 Å². The summed E-state index contributed by atoms with van der Waals surface area (Å²) in [5, 5.41) is 5.18. The summed E-state index contributed by atoms with van der Waals surface area (Å²) in [5.41, 5.74) is 2.54. The molecule has 0 aromatic heterocycles. The zero-order valence-corrected chi connectivity index (χ0v) is 16.4. The third kappa shape index (κ3) is 3.89. The molecule has 2 N–H and O–H groups in total. The van der Waals surface area contributed by atoms with Crippen LogP contribution in [-0.2, 0) is 16.2 Å². The standard InChI is InChI=1S/C22H20F3NO2S/c23-22(24,25)17-7-3-15(4-8-17)19-13-21(11-1-2-12-21)14-20(19)16-5-9-18(10-6-16)29(26,27)28/h3-10,13-14H,1-2,11-12H2,(H2,26,27,28). The molecule has 0 bridgehead atoms. The highest BCUT2D eigenvalue weighted by Crippen LogP contribution is 2.52. The van der Waals surface area contributed by atoms with Crippen molar-refractivity contribution in [2.45, 2.75) is 36.8 Å². The summed E-state index contributed by atoms with van der Waals surface area (Å²) in [6.07, 6.45) is 4.16. The molecule has 0 radical (unpaired) electrons. The van der Waals surface area contributed by atoms with Crippen LogP contribution < -0.4 is 5.14 Å². The molecule has 4 rings (SSSR count). The summed E-state index contributed by atoms with van der Waals surface area (Å²) in [6.45, 7) is 0. The molecule has 29 heavy (non-hydrogen) atoms. The van der Waals surface area contributed by atoms with E-state index in [0.29, 0.717) is 5.56 Å². The number of alkyl halides is 3. The number of hydrogen-bond donors (Lipinski definition) is 1. The third-order valence-electron chi connectivity index (χ3n) is 5.71. The maximum absolute atomic E-state index is 12.9. The number of primary sulfonamides is 1. The molecular weight excluding hydrogens is 399 g/mol. The Morgan fingerprint density at radius 2 is 1.24 bits per heavy atom. The van der Waals surface area contributed by atoms with Gasteiger partial charge >= 0.3 is 6.18 Å². The molecule has 0 saturated heterocycles. The quantitative estimate of drug-likeness (QED) is 0.725. The molecule has 0 heterocycles. The van der Waals surface area contributed by atoms with Crippen LogP contribution in [0, 0.1) is 5.41 Å². The summed E-state index contributed by atoms with van der Waals surface area (Å²) in [7, 11) is -3.79. The van der Waals surface area contributed by atoms with E-state index in [4.69, 9.17) is 5.14 Å². The molecule has 152 valence electrons. The number of sulfonamides is 1. The second kappa shape index (κ2) is 6.85. The van der Waals surface area contributed by atoms with Crippen molar-refractivity contribution in [2.24, 2.45) is 10.6 Å². The van der Waals surface area contributed by atoms with E-state index < -0.39 is 21.8 Å². The van der Waals surface area contributed by atoms with Crippen LogP contribution in [0.1, 0.15) is 42.4 Å². The van der Waals surface area contributed by atoms with Gasteiger partial charge in [0.25, 0.3) is 0 Å². The second-order valence-electron chi connectivity index (χ2n) is 7.70. The Hall–Kier alpha value is -2.38. The van der Waals surface area contributed by atoms with Gasteiger partial charge in [-0.2, -0.15) is 13.2 Å². The van der Waals surface area contributed by atoms with Gasteiger partial charge in [-0.15, -0.1) is 0 Å². The van der Waals surface area contributed by atoms with Gasteiger partial charge in [-0.1, -0.05) is 49.3 Å². The maximum atomic E-state index is 12.9. The normalized spacial score (nSPS) is 18.8. The molecule has 0 amide bonds. The van der Waals surface area contributed by atoms with Crippen molar-refractivity contribution in [3.63, 3.8) is 0 Å². The average molecular weight is 419 g/mol. The van der Waals surface area contributed by atoms with Gasteiger partial charge in [0.2, 0.25) is 10.0 Å². The summed E-state index contributed by atoms with van der Waals surface area (Å²) in [4.78, 5) is 0.0236. The highest BCUT2D eigenvalue weighted by molar-refractivity contribution is 7.89. The number of rotatable bonds is 3. The molecule has 1 saturated carbocycles. The second-order valence-corrected chi connectivity index (χ2v) is 9.26. The third-order valence-corrected chi connectivity index (χ3v) is 6.63. The predicted molar refractivity (Wildman–Crippen MR) is 106 cm³/mol. The first-order valence-corrected chi connectivity index (χ1v) is 10.9. The van der Waals surface area contributed by atoms with Crippen molar-refractivity contribution in [3.8, 4) is 0 Å². The summed E-state index contributed by atoms with van der Waals surface area (Å²) >= 11 is 0. The Kier molecular flexibility index (Phi) is 4.70. The smallest absolute Gasteiger partial charge is 0.225 e. The molecule has 2 aliphatic rings. The van der Waals surface area contributed by atoms with Crippen LogP contribution in [0.15, 0.2) is 65.6 Å². The molecule has 0 aliphatic heterocycles. The maximum Gasteiger partial charge on any atom is 0.416 e. The Morgan fingerprint density at radius 3 is 1.66 bits per heavy atom. The van der Waals surface area contributed by atoms with E-state index in [1.165, 1.54) is 24.3 Å². The van der Waals surface area contributed by atoms with Crippen molar-refractivity contribution in [2.75, 3.05) is 0 Å². The van der Waals surface area contributed by atoms with E-state index >= 15 is 0 Å². The number of allylic oxidation sites excluding steroid dienone is 4. The van der Waals surface area contributed by atoms with Crippen LogP contribution >= 0.6 is 0 Å². The highest BCUT2D eigenvalue weighted by Gasteiger charge is 2.36. The number of benzene rings is 2. The van der Waals surface area contributed by atoms with Crippen LogP contribution in [0.2, 0.25) is 0 Å². The lowest BCUT2D eigenvalue weighted by atomic mass is 9.88. The predicted octanol–water partition coefficient (Wildman–Crippen LogP) is 5.39. The van der Waals surface area contributed by atoms with Crippen LogP contribution in [0.5, 0.6) is 0 Å². The van der Waals surface area contributed by atoms with E-state index in [2.05, 4.69) is 12.2 Å². The van der Waals surface area contributed by atoms with Gasteiger partial charge in [-0.3, -0.25) is 0 Å². The average Bonchev–Trinajstić information content (AvgIpc) is 3.28. The molecule has 1 fully saturated rings. The molecule has 0 unspecified atom stereocenters. The van der Waals surface area contributed by atoms with E-state index in [9.17, 15) is 21.6 Å². The molecular formula is C22H20F3NO2S. The molecule has 3 nitrogen and oxygen atoms in total. The van der Waals surface area contributed by atoms with Gasteiger partial charge < -0.3 is 0 Å². The van der Waals surface area contributed by atoms with Crippen LogP contribution in [0.4, 0.5) is 13.2 Å². The summed E-state index contributed by atoms with van der Waals surface area (Å²) in [6, 6.07) is 11.5. The first-order valence-electron chi connectivity index (χ1n) is 9.34. The Morgan fingerprint density at radius 1 is 0.793 bits per heavy atom. The Bertz CT molecular complexity index is 1090. The van der Waals surface area contributed by atoms with Crippen molar-refractivity contribution >= 4 is 21.2 Å². The van der Waals surface area contributed by atoms with Gasteiger partial charge in [0.1, 0.15) is 0 Å². The fourth-order valence-corrected chi connectivity index (χ4v) is 4.75. The van der Waals surface area contributed by atoms with Crippen LogP contribution in [0.3, 0.4) is 0 Å². The lowest BCUT2D eigenvalue weighted by Crippen LogP contribution is -2.11. The fourth-order valence-electron chi connectivity index (χ4n) is 4.23. The Labute approximate surface area is 167 Å². The van der Waals surface area contributed by atoms with E-state index in [1.807, 2.05) is 0 Å². The zero-order valence-electron chi connectivity index (χ0n) is 15.5. The molecule has 7 heteroatoms. The molecule has 0 atom stereocenters. The van der Waals surface area contributed by atoms with E-state index in [0.717, 1.165) is 54.5 Å². The monoisotopic (exact) mass is 419 g/mol. The highest BCUT2D eigenvalue weighted by atomic mass is 32.2. The summed E-state index contributed by atoms with van der Waals surface area (Å²) in [5.74, 6) is 0. The van der Waals surface area contributed by atoms with E-state index in [-0.39, 0.29) is 10.3 Å². The SMILES string of the molecule is NS(=O)(=O)c1ccc(C2=CC3(C=C2c2ccc(C(F)(F)F)cc2)CCCC3)cc1. The largest absolute Gasteiger partial charge is 0.416 e. The van der Waals surface area contributed by atoms with Crippen LogP contribution in [0.25, 0.3) is 11.1 Å².